The van der Waals surface area contributed by atoms with Crippen molar-refractivity contribution >= 4 is 11.9 Å². The molecule has 1 aromatic carbocycles. The number of aliphatic imine (C=N–C) groups is 1. The molecule has 1 amide bonds. The lowest BCUT2D eigenvalue weighted by Gasteiger charge is -2.22. The Kier molecular flexibility index (Phi) is 5.26. The maximum Gasteiger partial charge on any atom is 0.407 e. The van der Waals surface area contributed by atoms with E-state index < -0.39 is 11.7 Å². The predicted molar refractivity (Wildman–Crippen MR) is 89.1 cm³/mol. The van der Waals surface area contributed by atoms with Gasteiger partial charge in [-0.15, -0.1) is 0 Å². The van der Waals surface area contributed by atoms with Crippen molar-refractivity contribution in [3.05, 3.63) is 35.9 Å². The molecule has 0 aliphatic carbocycles. The topological polar surface area (TPSA) is 63.2 Å². The Morgan fingerprint density at radius 1 is 1.39 bits per heavy atom. The number of amidine groups is 1. The molecule has 1 aromatic rings. The minimum absolute atomic E-state index is 0.109. The highest BCUT2D eigenvalue weighted by atomic mass is 16.7. The third-order valence-electron chi connectivity index (χ3n) is 3.19. The van der Waals surface area contributed by atoms with Gasteiger partial charge in [-0.2, -0.15) is 0 Å². The average molecular weight is 319 g/mol. The Bertz CT molecular complexity index is 566. The molecule has 126 valence electrons. The molecule has 1 aliphatic heterocycles. The minimum Gasteiger partial charge on any atom is -0.444 e. The van der Waals surface area contributed by atoms with E-state index in [9.17, 15) is 4.79 Å². The van der Waals surface area contributed by atoms with Crippen LogP contribution in [0.4, 0.5) is 4.79 Å². The van der Waals surface area contributed by atoms with E-state index in [1.807, 2.05) is 65.1 Å². The first-order valence-corrected chi connectivity index (χ1v) is 7.78. The maximum absolute atomic E-state index is 11.8. The first kappa shape index (κ1) is 17.3. The van der Waals surface area contributed by atoms with Crippen LogP contribution in [0, 0.1) is 0 Å². The summed E-state index contributed by atoms with van der Waals surface area (Å²) in [4.78, 5) is 22.1. The van der Waals surface area contributed by atoms with Gasteiger partial charge in [-0.05, 0) is 27.7 Å². The van der Waals surface area contributed by atoms with E-state index in [1.54, 1.807) is 5.06 Å². The summed E-state index contributed by atoms with van der Waals surface area (Å²) < 4.78 is 5.25. The summed E-state index contributed by atoms with van der Waals surface area (Å²) >= 11 is 0. The molecule has 1 heterocycles. The first-order chi connectivity index (χ1) is 10.7. The molecular formula is C17H25N3O3. The quantitative estimate of drug-likeness (QED) is 0.927. The maximum atomic E-state index is 11.8. The van der Waals surface area contributed by atoms with Crippen LogP contribution in [0.15, 0.2) is 35.3 Å². The highest BCUT2D eigenvalue weighted by Crippen LogP contribution is 2.19. The summed E-state index contributed by atoms with van der Waals surface area (Å²) in [6, 6.07) is 9.76. The Balaban J connectivity index is 1.91. The number of benzene rings is 1. The number of hydroxylamine groups is 2. The van der Waals surface area contributed by atoms with E-state index in [0.717, 1.165) is 11.4 Å². The number of hydrogen-bond acceptors (Lipinski definition) is 5. The van der Waals surface area contributed by atoms with Gasteiger partial charge in [-0.1, -0.05) is 30.3 Å². The van der Waals surface area contributed by atoms with Gasteiger partial charge in [0.05, 0.1) is 0 Å². The second-order valence-electron chi connectivity index (χ2n) is 6.66. The monoisotopic (exact) mass is 319 g/mol. The lowest BCUT2D eigenvalue weighted by atomic mass is 10.2. The summed E-state index contributed by atoms with van der Waals surface area (Å²) in [7, 11) is 1.83. The number of nitrogens with zero attached hydrogens (tertiary/aromatic N) is 2. The average Bonchev–Trinajstić information content (AvgIpc) is 2.77. The van der Waals surface area contributed by atoms with Crippen LogP contribution in [0.3, 0.4) is 0 Å². The van der Waals surface area contributed by atoms with Crippen molar-refractivity contribution in [2.75, 3.05) is 7.05 Å². The molecule has 0 saturated heterocycles. The molecule has 2 unspecified atom stereocenters. The van der Waals surface area contributed by atoms with Gasteiger partial charge in [0.1, 0.15) is 5.60 Å². The molecular weight excluding hydrogens is 294 g/mol. The van der Waals surface area contributed by atoms with Crippen LogP contribution < -0.4 is 5.32 Å². The number of hydrogen-bond donors (Lipinski definition) is 1. The van der Waals surface area contributed by atoms with Crippen molar-refractivity contribution in [2.45, 2.75) is 52.0 Å². The highest BCUT2D eigenvalue weighted by Gasteiger charge is 2.27. The fourth-order valence-corrected chi connectivity index (χ4v) is 2.28. The van der Waals surface area contributed by atoms with Crippen molar-refractivity contribution in [1.29, 1.82) is 0 Å². The van der Waals surface area contributed by atoms with E-state index in [0.29, 0.717) is 6.42 Å². The number of carbonyl (C=O) groups is 1. The number of alkyl carbamates (subject to hydrolysis) is 1. The van der Waals surface area contributed by atoms with Gasteiger partial charge in [-0.25, -0.2) is 19.7 Å². The third-order valence-corrected chi connectivity index (χ3v) is 3.19. The smallest absolute Gasteiger partial charge is 0.407 e. The van der Waals surface area contributed by atoms with Crippen LogP contribution in [0.2, 0.25) is 0 Å². The SMILES string of the molecule is CC(CC1N=C(c2ccccc2)N(C)O1)NC(=O)OC(C)(C)C. The minimum atomic E-state index is -0.507. The Morgan fingerprint density at radius 3 is 2.65 bits per heavy atom. The van der Waals surface area contributed by atoms with Gasteiger partial charge < -0.3 is 10.1 Å². The number of nitrogens with one attached hydrogen (secondary N) is 1. The van der Waals surface area contributed by atoms with Crippen LogP contribution >= 0.6 is 0 Å². The van der Waals surface area contributed by atoms with Gasteiger partial charge in [0.2, 0.25) is 0 Å². The lowest BCUT2D eigenvalue weighted by Crippen LogP contribution is -2.39. The van der Waals surface area contributed by atoms with E-state index in [-0.39, 0.29) is 12.3 Å². The lowest BCUT2D eigenvalue weighted by molar-refractivity contribution is -0.108. The molecule has 1 aliphatic rings. The molecule has 6 heteroatoms. The predicted octanol–water partition coefficient (Wildman–Crippen LogP) is 2.94. The molecule has 2 atom stereocenters. The van der Waals surface area contributed by atoms with E-state index in [1.165, 1.54) is 0 Å². The van der Waals surface area contributed by atoms with Crippen LogP contribution in [0.1, 0.15) is 39.7 Å². The normalized spacial score (nSPS) is 19.3. The Labute approximate surface area is 137 Å². The van der Waals surface area contributed by atoms with Crippen molar-refractivity contribution in [3.63, 3.8) is 0 Å². The molecule has 0 bridgehead atoms. The molecule has 0 fully saturated rings. The number of rotatable bonds is 4. The summed E-state index contributed by atoms with van der Waals surface area (Å²) in [5.41, 5.74) is 0.497. The summed E-state index contributed by atoms with van der Waals surface area (Å²) in [5, 5.41) is 4.47. The fraction of sp³-hybridized carbons (Fsp3) is 0.529. The second-order valence-corrected chi connectivity index (χ2v) is 6.66. The number of ether oxygens (including phenoxy) is 1. The van der Waals surface area contributed by atoms with Crippen molar-refractivity contribution in [3.8, 4) is 0 Å². The Hall–Kier alpha value is -2.08. The van der Waals surface area contributed by atoms with Gasteiger partial charge in [0, 0.05) is 25.1 Å². The number of amides is 1. The van der Waals surface area contributed by atoms with Crippen molar-refractivity contribution < 1.29 is 14.4 Å². The standard InChI is InChI=1S/C17H25N3O3/c1-12(18-16(21)22-17(2,3)4)11-14-19-15(20(5)23-14)13-9-7-6-8-10-13/h6-10,12,14H,11H2,1-5H3,(H,18,21). The molecule has 0 spiro atoms. The second kappa shape index (κ2) is 7.00. The van der Waals surface area contributed by atoms with E-state index in [4.69, 9.17) is 9.57 Å². The van der Waals surface area contributed by atoms with Crippen LogP contribution in [0.5, 0.6) is 0 Å². The van der Waals surface area contributed by atoms with E-state index in [2.05, 4.69) is 10.3 Å². The molecule has 0 saturated carbocycles. The first-order valence-electron chi connectivity index (χ1n) is 7.78. The third kappa shape index (κ3) is 5.25. The summed E-state index contributed by atoms with van der Waals surface area (Å²) in [6.45, 7) is 7.41. The van der Waals surface area contributed by atoms with Crippen LogP contribution in [-0.2, 0) is 9.57 Å². The number of carbonyl (C=O) groups excluding carboxylic acids is 1. The van der Waals surface area contributed by atoms with Gasteiger partial charge in [0.15, 0.2) is 12.1 Å². The fourth-order valence-electron chi connectivity index (χ4n) is 2.28. The van der Waals surface area contributed by atoms with Crippen molar-refractivity contribution in [1.82, 2.24) is 10.4 Å². The van der Waals surface area contributed by atoms with Crippen molar-refractivity contribution in [2.24, 2.45) is 4.99 Å². The molecule has 6 nitrogen and oxygen atoms in total. The Morgan fingerprint density at radius 2 is 2.04 bits per heavy atom. The molecule has 2 rings (SSSR count). The summed E-state index contributed by atoms with van der Waals surface area (Å²) in [5.74, 6) is 0.792. The largest absolute Gasteiger partial charge is 0.444 e. The van der Waals surface area contributed by atoms with Gasteiger partial charge in [-0.3, -0.25) is 0 Å². The van der Waals surface area contributed by atoms with Gasteiger partial charge >= 0.3 is 6.09 Å². The zero-order valence-electron chi connectivity index (χ0n) is 14.4. The van der Waals surface area contributed by atoms with Crippen LogP contribution in [0.25, 0.3) is 0 Å². The molecule has 0 aromatic heterocycles. The van der Waals surface area contributed by atoms with Crippen LogP contribution in [-0.4, -0.2) is 41.9 Å². The molecule has 1 N–H and O–H groups in total. The highest BCUT2D eigenvalue weighted by molar-refractivity contribution is 5.98. The van der Waals surface area contributed by atoms with E-state index >= 15 is 0 Å². The molecule has 23 heavy (non-hydrogen) atoms. The summed E-state index contributed by atoms with van der Waals surface area (Å²) in [6.07, 6.45) is -0.177. The zero-order valence-corrected chi connectivity index (χ0v) is 14.4. The zero-order chi connectivity index (χ0) is 17.0. The van der Waals surface area contributed by atoms with Gasteiger partial charge in [0.25, 0.3) is 0 Å². The molecule has 0 radical (unpaired) electrons.